The van der Waals surface area contributed by atoms with E-state index in [1.807, 2.05) is 12.1 Å². The molecule has 0 spiro atoms. The molecule has 0 saturated heterocycles. The summed E-state index contributed by atoms with van der Waals surface area (Å²) >= 11 is 1.79. The summed E-state index contributed by atoms with van der Waals surface area (Å²) in [6.45, 7) is 0.156. The first-order valence-corrected chi connectivity index (χ1v) is 8.08. The van der Waals surface area contributed by atoms with E-state index < -0.39 is 0 Å². The molecular weight excluding hydrogens is 307 g/mol. The standard InChI is InChI=1S/C18H17BO3S/c1-20-11-22-17-10-16(21-2)13(9-15(17)19)8-14-7-12-5-3-4-6-18(12)23-14/h3-7,9-10H,8,11H2,1-2H3. The molecule has 0 aliphatic carbocycles. The van der Waals surface area contributed by atoms with Crippen LogP contribution in [-0.2, 0) is 11.2 Å². The van der Waals surface area contributed by atoms with E-state index in [0.717, 1.165) is 17.7 Å². The maximum atomic E-state index is 6.08. The molecule has 3 rings (SSSR count). The van der Waals surface area contributed by atoms with E-state index in [4.69, 9.17) is 22.1 Å². The van der Waals surface area contributed by atoms with Crippen LogP contribution in [0.5, 0.6) is 11.5 Å². The summed E-state index contributed by atoms with van der Waals surface area (Å²) in [5.74, 6) is 1.34. The zero-order valence-corrected chi connectivity index (χ0v) is 14.0. The van der Waals surface area contributed by atoms with E-state index in [9.17, 15) is 0 Å². The molecule has 0 saturated carbocycles. The normalized spacial score (nSPS) is 10.9. The zero-order valence-electron chi connectivity index (χ0n) is 13.2. The van der Waals surface area contributed by atoms with Gasteiger partial charge in [-0.15, -0.1) is 11.3 Å². The molecule has 116 valence electrons. The Morgan fingerprint density at radius 2 is 1.87 bits per heavy atom. The minimum Gasteiger partial charge on any atom is -0.496 e. The minimum absolute atomic E-state index is 0.156. The van der Waals surface area contributed by atoms with E-state index in [-0.39, 0.29) is 6.79 Å². The van der Waals surface area contributed by atoms with Crippen molar-refractivity contribution in [2.24, 2.45) is 0 Å². The summed E-state index contributed by atoms with van der Waals surface area (Å²) in [6.07, 6.45) is 0.775. The second kappa shape index (κ2) is 7.07. The summed E-state index contributed by atoms with van der Waals surface area (Å²) in [7, 11) is 9.31. The van der Waals surface area contributed by atoms with Crippen molar-refractivity contribution in [1.82, 2.24) is 0 Å². The molecule has 2 aromatic carbocycles. The summed E-state index contributed by atoms with van der Waals surface area (Å²) in [6, 6.07) is 14.3. The number of methoxy groups -OCH3 is 2. The Labute approximate surface area is 141 Å². The maximum absolute atomic E-state index is 6.08. The summed E-state index contributed by atoms with van der Waals surface area (Å²) in [5.41, 5.74) is 1.63. The minimum atomic E-state index is 0.156. The van der Waals surface area contributed by atoms with Crippen LogP contribution in [0, 0.1) is 0 Å². The van der Waals surface area contributed by atoms with E-state index in [2.05, 4.69) is 30.3 Å². The van der Waals surface area contributed by atoms with Gasteiger partial charge in [0, 0.05) is 29.2 Å². The molecule has 1 aromatic heterocycles. The fraction of sp³-hybridized carbons (Fsp3) is 0.222. The van der Waals surface area contributed by atoms with Crippen molar-refractivity contribution in [3.8, 4) is 11.5 Å². The van der Waals surface area contributed by atoms with E-state index >= 15 is 0 Å². The van der Waals surface area contributed by atoms with Gasteiger partial charge in [0.05, 0.1) is 7.11 Å². The average Bonchev–Trinajstić information content (AvgIpc) is 2.96. The highest BCUT2D eigenvalue weighted by atomic mass is 32.1. The van der Waals surface area contributed by atoms with Gasteiger partial charge in [0.15, 0.2) is 6.79 Å². The lowest BCUT2D eigenvalue weighted by Crippen LogP contribution is -2.13. The number of benzene rings is 2. The summed E-state index contributed by atoms with van der Waals surface area (Å²) in [4.78, 5) is 1.27. The van der Waals surface area contributed by atoms with Crippen LogP contribution in [0.25, 0.3) is 10.1 Å². The molecule has 0 aliphatic heterocycles. The lowest BCUT2D eigenvalue weighted by molar-refractivity contribution is 0.0517. The number of fused-ring (bicyclic) bond motifs is 1. The predicted molar refractivity (Wildman–Crippen MR) is 95.5 cm³/mol. The van der Waals surface area contributed by atoms with Crippen molar-refractivity contribution in [3.05, 3.63) is 52.9 Å². The summed E-state index contributed by atoms with van der Waals surface area (Å²) < 4.78 is 17.2. The molecule has 0 fully saturated rings. The molecule has 3 nitrogen and oxygen atoms in total. The highest BCUT2D eigenvalue weighted by Gasteiger charge is 2.11. The van der Waals surface area contributed by atoms with Crippen LogP contribution in [0.4, 0.5) is 0 Å². The van der Waals surface area contributed by atoms with E-state index in [1.54, 1.807) is 25.6 Å². The SMILES string of the molecule is [B]c1cc(Cc2cc3ccccc3s2)c(OC)cc1OCOC. The molecule has 23 heavy (non-hydrogen) atoms. The van der Waals surface area contributed by atoms with Gasteiger partial charge in [0.2, 0.25) is 0 Å². The fourth-order valence-corrected chi connectivity index (χ4v) is 3.60. The van der Waals surface area contributed by atoms with Gasteiger partial charge in [-0.3, -0.25) is 0 Å². The second-order valence-electron chi connectivity index (χ2n) is 5.18. The topological polar surface area (TPSA) is 27.7 Å². The van der Waals surface area contributed by atoms with Crippen LogP contribution < -0.4 is 14.9 Å². The van der Waals surface area contributed by atoms with Crippen molar-refractivity contribution >= 4 is 34.7 Å². The van der Waals surface area contributed by atoms with Gasteiger partial charge in [-0.25, -0.2) is 0 Å². The quantitative estimate of drug-likeness (QED) is 0.514. The molecule has 5 heteroatoms. The van der Waals surface area contributed by atoms with E-state index in [1.165, 1.54) is 15.0 Å². The molecule has 0 bridgehead atoms. The molecule has 0 N–H and O–H groups in total. The smallest absolute Gasteiger partial charge is 0.188 e. The Morgan fingerprint density at radius 3 is 2.61 bits per heavy atom. The Kier molecular flexibility index (Phi) is 4.89. The van der Waals surface area contributed by atoms with Crippen molar-refractivity contribution in [2.45, 2.75) is 6.42 Å². The third-order valence-electron chi connectivity index (χ3n) is 3.59. The molecular formula is C18H17BO3S. The van der Waals surface area contributed by atoms with Crippen LogP contribution >= 0.6 is 11.3 Å². The lowest BCUT2D eigenvalue weighted by atomic mass is 9.91. The first kappa shape index (κ1) is 15.9. The average molecular weight is 324 g/mol. The number of thiophene rings is 1. The zero-order chi connectivity index (χ0) is 16.2. The molecule has 0 aliphatic rings. The van der Waals surface area contributed by atoms with Gasteiger partial charge < -0.3 is 14.2 Å². The monoisotopic (exact) mass is 324 g/mol. The number of ether oxygens (including phenoxy) is 3. The first-order chi connectivity index (χ1) is 11.2. The molecule has 0 amide bonds. The third-order valence-corrected chi connectivity index (χ3v) is 4.70. The van der Waals surface area contributed by atoms with Crippen molar-refractivity contribution in [3.63, 3.8) is 0 Å². The van der Waals surface area contributed by atoms with Crippen molar-refractivity contribution < 1.29 is 14.2 Å². The number of rotatable bonds is 6. The molecule has 3 aromatic rings. The Balaban J connectivity index is 1.90. The second-order valence-corrected chi connectivity index (χ2v) is 6.35. The van der Waals surface area contributed by atoms with Crippen LogP contribution in [0.3, 0.4) is 0 Å². The predicted octanol–water partition coefficient (Wildman–Crippen LogP) is 3.28. The Morgan fingerprint density at radius 1 is 1.04 bits per heavy atom. The largest absolute Gasteiger partial charge is 0.496 e. The first-order valence-electron chi connectivity index (χ1n) is 7.27. The van der Waals surface area contributed by atoms with Gasteiger partial charge in [-0.05, 0) is 23.1 Å². The summed E-state index contributed by atoms with van der Waals surface area (Å²) in [5, 5.41) is 1.26. The van der Waals surface area contributed by atoms with Gasteiger partial charge in [-0.2, -0.15) is 0 Å². The Hall–Kier alpha value is -1.98. The highest BCUT2D eigenvalue weighted by molar-refractivity contribution is 7.19. The number of hydrogen-bond donors (Lipinski definition) is 0. The van der Waals surface area contributed by atoms with Crippen LogP contribution in [0.2, 0.25) is 0 Å². The maximum Gasteiger partial charge on any atom is 0.188 e. The highest BCUT2D eigenvalue weighted by Crippen LogP contribution is 2.30. The number of hydrogen-bond acceptors (Lipinski definition) is 4. The van der Waals surface area contributed by atoms with Gasteiger partial charge in [0.1, 0.15) is 19.3 Å². The van der Waals surface area contributed by atoms with E-state index in [0.29, 0.717) is 11.2 Å². The van der Waals surface area contributed by atoms with Gasteiger partial charge in [-0.1, -0.05) is 29.7 Å². The molecule has 0 atom stereocenters. The molecule has 0 unspecified atom stereocenters. The molecule has 1 heterocycles. The van der Waals surface area contributed by atoms with Gasteiger partial charge >= 0.3 is 0 Å². The van der Waals surface area contributed by atoms with Crippen LogP contribution in [0.15, 0.2) is 42.5 Å². The van der Waals surface area contributed by atoms with Gasteiger partial charge in [0.25, 0.3) is 0 Å². The Bertz CT molecular complexity index is 780. The van der Waals surface area contributed by atoms with Crippen LogP contribution in [-0.4, -0.2) is 28.9 Å². The van der Waals surface area contributed by atoms with Crippen molar-refractivity contribution in [1.29, 1.82) is 0 Å². The third kappa shape index (κ3) is 3.51. The molecule has 2 radical (unpaired) electrons. The lowest BCUT2D eigenvalue weighted by Gasteiger charge is -2.14. The van der Waals surface area contributed by atoms with Crippen molar-refractivity contribution in [2.75, 3.05) is 21.0 Å². The fourth-order valence-electron chi connectivity index (χ4n) is 2.51. The van der Waals surface area contributed by atoms with Crippen LogP contribution in [0.1, 0.15) is 10.4 Å².